The van der Waals surface area contributed by atoms with E-state index >= 15 is 0 Å². The van der Waals surface area contributed by atoms with Crippen molar-refractivity contribution < 1.29 is 32.3 Å². The van der Waals surface area contributed by atoms with E-state index in [-0.39, 0.29) is 37.0 Å². The summed E-state index contributed by atoms with van der Waals surface area (Å²) in [6.45, 7) is 3.86. The van der Waals surface area contributed by atoms with Crippen LogP contribution >= 0.6 is 23.2 Å². The highest BCUT2D eigenvalue weighted by molar-refractivity contribution is 6.35. The molecule has 0 spiro atoms. The summed E-state index contributed by atoms with van der Waals surface area (Å²) in [4.78, 5) is 40.4. The van der Waals surface area contributed by atoms with Crippen molar-refractivity contribution in [1.82, 2.24) is 10.2 Å². The van der Waals surface area contributed by atoms with E-state index in [0.717, 1.165) is 17.7 Å². The predicted octanol–water partition coefficient (Wildman–Crippen LogP) is 7.34. The number of nitrogens with zero attached hydrogens (tertiary/aromatic N) is 1. The molecule has 6 nitrogen and oxygen atoms in total. The molecule has 1 atom stereocenters. The highest BCUT2D eigenvalue weighted by Gasteiger charge is 2.37. The Morgan fingerprint density at radius 3 is 2.30 bits per heavy atom. The van der Waals surface area contributed by atoms with Crippen LogP contribution in [0.25, 0.3) is 0 Å². The van der Waals surface area contributed by atoms with Crippen LogP contribution in [0.1, 0.15) is 58.8 Å². The molecule has 0 bridgehead atoms. The number of nitrogens with one attached hydrogen (secondary N) is 1. The predicted molar refractivity (Wildman–Crippen MR) is 158 cm³/mol. The number of carbonyl (C=O) groups excluding carboxylic acids is 3. The Bertz CT molecular complexity index is 1540. The molecule has 0 aromatic heterocycles. The van der Waals surface area contributed by atoms with Gasteiger partial charge in [0.25, 0.3) is 5.91 Å². The van der Waals surface area contributed by atoms with Crippen molar-refractivity contribution in [2.75, 3.05) is 13.2 Å². The topological polar surface area (TPSA) is 75.7 Å². The van der Waals surface area contributed by atoms with E-state index < -0.39 is 23.6 Å². The maximum Gasteiger partial charge on any atom is 0.416 e. The molecule has 2 amide bonds. The number of hydrogen-bond donors (Lipinski definition) is 1. The van der Waals surface area contributed by atoms with Crippen molar-refractivity contribution in [3.05, 3.63) is 116 Å². The van der Waals surface area contributed by atoms with E-state index in [1.807, 2.05) is 6.07 Å². The van der Waals surface area contributed by atoms with Crippen LogP contribution in [0.3, 0.4) is 0 Å². The molecular weight excluding hydrogens is 604 g/mol. The van der Waals surface area contributed by atoms with Crippen LogP contribution in [0.2, 0.25) is 10.0 Å². The average molecular weight is 633 g/mol. The summed E-state index contributed by atoms with van der Waals surface area (Å²) in [6.07, 6.45) is -4.09. The fourth-order valence-corrected chi connectivity index (χ4v) is 5.45. The van der Waals surface area contributed by atoms with Gasteiger partial charge in [0, 0.05) is 40.2 Å². The Kier molecular flexibility index (Phi) is 10.2. The molecule has 1 aliphatic heterocycles. The van der Waals surface area contributed by atoms with Crippen LogP contribution in [-0.4, -0.2) is 35.8 Å². The van der Waals surface area contributed by atoms with E-state index in [1.165, 1.54) is 17.0 Å². The number of alkyl halides is 3. The molecule has 0 saturated carbocycles. The van der Waals surface area contributed by atoms with Crippen LogP contribution in [0, 0.1) is 0 Å². The number of hydrogen-bond acceptors (Lipinski definition) is 4. The van der Waals surface area contributed by atoms with Crippen LogP contribution in [-0.2, 0) is 33.5 Å². The highest BCUT2D eigenvalue weighted by atomic mass is 35.5. The van der Waals surface area contributed by atoms with Gasteiger partial charge in [-0.15, -0.1) is 0 Å². The Morgan fingerprint density at radius 2 is 1.70 bits per heavy atom. The van der Waals surface area contributed by atoms with Gasteiger partial charge < -0.3 is 15.0 Å². The zero-order chi connectivity index (χ0) is 31.3. The lowest BCUT2D eigenvalue weighted by atomic mass is 9.83. The third kappa shape index (κ3) is 7.77. The molecule has 1 unspecified atom stereocenters. The van der Waals surface area contributed by atoms with Gasteiger partial charge in [-0.25, -0.2) is 4.79 Å². The number of ether oxygens (including phenoxy) is 1. The summed E-state index contributed by atoms with van der Waals surface area (Å²) in [5.41, 5.74) is 2.18. The first kappa shape index (κ1) is 32.1. The van der Waals surface area contributed by atoms with Gasteiger partial charge in [0.1, 0.15) is 0 Å². The summed E-state index contributed by atoms with van der Waals surface area (Å²) in [7, 11) is 0. The summed E-state index contributed by atoms with van der Waals surface area (Å²) in [6, 6.07) is 16.4. The lowest BCUT2D eigenvalue weighted by Crippen LogP contribution is -2.38. The average Bonchev–Trinajstić information content (AvgIpc) is 2.96. The van der Waals surface area contributed by atoms with Crippen LogP contribution in [0.5, 0.6) is 0 Å². The maximum absolute atomic E-state index is 13.3. The molecule has 1 N–H and O–H groups in total. The fraction of sp³-hybridized carbons (Fsp3) is 0.281. The third-order valence-corrected chi connectivity index (χ3v) is 7.80. The van der Waals surface area contributed by atoms with Gasteiger partial charge in [0.05, 0.1) is 24.3 Å². The first-order chi connectivity index (χ1) is 20.4. The Morgan fingerprint density at radius 1 is 1.02 bits per heavy atom. The highest BCUT2D eigenvalue weighted by Crippen LogP contribution is 2.39. The Hall–Kier alpha value is -3.82. The van der Waals surface area contributed by atoms with Gasteiger partial charge in [0.15, 0.2) is 0 Å². The first-order valence-corrected chi connectivity index (χ1v) is 14.3. The number of esters is 1. The summed E-state index contributed by atoms with van der Waals surface area (Å²) < 4.78 is 44.5. The second-order valence-electron chi connectivity index (χ2n) is 10.0. The summed E-state index contributed by atoms with van der Waals surface area (Å²) in [5, 5.41) is 3.91. The molecule has 11 heteroatoms. The lowest BCUT2D eigenvalue weighted by molar-refractivity contribution is -0.140. The van der Waals surface area contributed by atoms with Gasteiger partial charge in [0.2, 0.25) is 5.91 Å². The minimum atomic E-state index is -4.50. The van der Waals surface area contributed by atoms with Crippen molar-refractivity contribution >= 4 is 41.0 Å². The van der Waals surface area contributed by atoms with Gasteiger partial charge in [-0.05, 0) is 73.4 Å². The minimum Gasteiger partial charge on any atom is -0.463 e. The van der Waals surface area contributed by atoms with Gasteiger partial charge >= 0.3 is 12.1 Å². The molecule has 0 aliphatic carbocycles. The number of halogens is 5. The molecule has 0 fully saturated rings. The summed E-state index contributed by atoms with van der Waals surface area (Å²) >= 11 is 12.1. The fourth-order valence-electron chi connectivity index (χ4n) is 4.95. The van der Waals surface area contributed by atoms with Crippen LogP contribution in [0.15, 0.2) is 78.0 Å². The molecule has 1 heterocycles. The second-order valence-corrected chi connectivity index (χ2v) is 10.9. The quantitative estimate of drug-likeness (QED) is 0.251. The number of allylic oxidation sites excluding steroid dienone is 1. The van der Waals surface area contributed by atoms with E-state index in [0.29, 0.717) is 45.4 Å². The number of amides is 2. The Labute approximate surface area is 257 Å². The lowest BCUT2D eigenvalue weighted by Gasteiger charge is -2.34. The molecule has 1 aliphatic rings. The van der Waals surface area contributed by atoms with Crippen molar-refractivity contribution in [3.63, 3.8) is 0 Å². The van der Waals surface area contributed by atoms with Crippen molar-refractivity contribution in [2.24, 2.45) is 0 Å². The third-order valence-electron chi connectivity index (χ3n) is 7.21. The molecular formula is C32H29Cl2F3N2O4. The number of rotatable bonds is 9. The first-order valence-electron chi connectivity index (χ1n) is 13.6. The van der Waals surface area contributed by atoms with Crippen LogP contribution < -0.4 is 5.32 Å². The molecule has 0 saturated heterocycles. The molecule has 3 aromatic carbocycles. The van der Waals surface area contributed by atoms with E-state index in [1.54, 1.807) is 50.2 Å². The van der Waals surface area contributed by atoms with E-state index in [2.05, 4.69) is 5.32 Å². The van der Waals surface area contributed by atoms with Crippen molar-refractivity contribution in [3.8, 4) is 0 Å². The van der Waals surface area contributed by atoms with E-state index in [4.69, 9.17) is 27.9 Å². The van der Waals surface area contributed by atoms with Crippen molar-refractivity contribution in [1.29, 1.82) is 0 Å². The smallest absolute Gasteiger partial charge is 0.416 e. The van der Waals surface area contributed by atoms with Gasteiger partial charge in [-0.3, -0.25) is 9.59 Å². The monoisotopic (exact) mass is 632 g/mol. The largest absolute Gasteiger partial charge is 0.463 e. The zero-order valence-electron chi connectivity index (χ0n) is 23.4. The molecule has 226 valence electrons. The molecule has 0 radical (unpaired) electrons. The Balaban J connectivity index is 1.48. The zero-order valence-corrected chi connectivity index (χ0v) is 24.9. The van der Waals surface area contributed by atoms with Crippen LogP contribution in [0.4, 0.5) is 13.2 Å². The maximum atomic E-state index is 13.3. The van der Waals surface area contributed by atoms with Gasteiger partial charge in [-0.1, -0.05) is 53.5 Å². The molecule has 3 aromatic rings. The second kappa shape index (κ2) is 13.7. The minimum absolute atomic E-state index is 0.0968. The summed E-state index contributed by atoms with van der Waals surface area (Å²) in [5.74, 6) is -1.95. The van der Waals surface area contributed by atoms with Gasteiger partial charge in [-0.2, -0.15) is 13.2 Å². The number of carbonyl (C=O) groups is 3. The SMILES string of the molecule is CCOC(=O)C1=C(C)N(Cc2ccc(C(=O)NCCc3ccc(Cl)cc3Cl)cc2)C(=O)CC1c1ccc(C(F)(F)F)cc1. The number of benzene rings is 3. The molecule has 43 heavy (non-hydrogen) atoms. The standard InChI is InChI=1S/C32H29Cl2F3N2O4/c1-3-43-31(42)29-19(2)39(28(40)17-26(29)21-8-11-24(12-9-21)32(35,36)37)18-20-4-6-23(7-5-20)30(41)38-15-14-22-10-13-25(33)16-27(22)34/h4-13,16,26H,3,14-15,17-18H2,1-2H3,(H,38,41). The van der Waals surface area contributed by atoms with Crippen molar-refractivity contribution in [2.45, 2.75) is 45.3 Å². The van der Waals surface area contributed by atoms with E-state index in [9.17, 15) is 27.6 Å². The molecule has 4 rings (SSSR count). The normalized spacial score (nSPS) is 15.5.